The number of halogens is 2. The van der Waals surface area contributed by atoms with Crippen LogP contribution in [0.2, 0.25) is 10.2 Å². The van der Waals surface area contributed by atoms with Gasteiger partial charge in [-0.2, -0.15) is 0 Å². The Labute approximate surface area is 77.9 Å². The normalized spacial score (nSPS) is 9.83. The SMILES string of the molecule is Nc1c[13c](Cl)[15n][13c]([13C](=O)O)c1Cl. The van der Waals surface area contributed by atoms with Crippen LogP contribution in [0.1, 0.15) is 10.5 Å². The molecule has 0 atom stereocenters. The summed E-state index contributed by atoms with van der Waals surface area (Å²) >= 11 is 11.0. The molecule has 0 fully saturated rings. The van der Waals surface area contributed by atoms with Gasteiger partial charge in [-0.25, -0.2) is 9.78 Å². The second-order valence-corrected chi connectivity index (χ2v) is 2.77. The van der Waals surface area contributed by atoms with Crippen molar-refractivity contribution in [3.63, 3.8) is 0 Å². The van der Waals surface area contributed by atoms with Crippen molar-refractivity contribution < 1.29 is 9.90 Å². The number of hydrogen-bond acceptors (Lipinski definition) is 3. The summed E-state index contributed by atoms with van der Waals surface area (Å²) in [7, 11) is 0. The third-order valence-electron chi connectivity index (χ3n) is 1.16. The van der Waals surface area contributed by atoms with Gasteiger partial charge in [0, 0.05) is 0 Å². The van der Waals surface area contributed by atoms with Crippen LogP contribution >= 0.6 is 23.2 Å². The molecule has 12 heavy (non-hydrogen) atoms. The monoisotopic (exact) mass is 210 g/mol. The first kappa shape index (κ1) is 9.09. The molecule has 0 aromatic carbocycles. The number of rotatable bonds is 1. The molecule has 0 aliphatic heterocycles. The molecule has 1 rings (SSSR count). The van der Waals surface area contributed by atoms with Crippen molar-refractivity contribution in [2.45, 2.75) is 0 Å². The van der Waals surface area contributed by atoms with Crippen molar-refractivity contribution in [2.24, 2.45) is 0 Å². The molecule has 0 radical (unpaired) electrons. The highest BCUT2D eigenvalue weighted by Crippen LogP contribution is 2.24. The van der Waals surface area contributed by atoms with Crippen LogP contribution in [0.25, 0.3) is 0 Å². The molecular weight excluding hydrogens is 207 g/mol. The summed E-state index contributed by atoms with van der Waals surface area (Å²) < 4.78 is 0. The van der Waals surface area contributed by atoms with E-state index in [-0.39, 0.29) is 21.6 Å². The van der Waals surface area contributed by atoms with Gasteiger partial charge in [-0.15, -0.1) is 0 Å². The number of carboxylic acid groups (broad SMARTS) is 1. The molecule has 4 nitrogen and oxygen atoms in total. The average molecular weight is 211 g/mol. The second-order valence-electron chi connectivity index (χ2n) is 2.00. The molecule has 0 amide bonds. The zero-order valence-corrected chi connectivity index (χ0v) is 7.23. The number of nitrogens with zero attached hydrogens (tertiary/aromatic N) is 1. The highest BCUT2D eigenvalue weighted by molar-refractivity contribution is 6.36. The van der Waals surface area contributed by atoms with E-state index in [4.69, 9.17) is 34.0 Å². The zero-order valence-electron chi connectivity index (χ0n) is 5.71. The predicted octanol–water partition coefficient (Wildman–Crippen LogP) is 1.67. The maximum absolute atomic E-state index is 10.5. The summed E-state index contributed by atoms with van der Waals surface area (Å²) in [6, 6.07) is 1.29. The Hall–Kier alpha value is -1.00. The first-order valence-corrected chi connectivity index (χ1v) is 3.62. The smallest absolute Gasteiger partial charge is 0.356 e. The van der Waals surface area contributed by atoms with E-state index in [2.05, 4.69) is 4.98 Å². The fourth-order valence-electron chi connectivity index (χ4n) is 0.658. The number of nitrogens with two attached hydrogens (primary N) is 1. The van der Waals surface area contributed by atoms with Crippen LogP contribution in [0, 0.1) is 0 Å². The van der Waals surface area contributed by atoms with E-state index < -0.39 is 5.97 Å². The lowest BCUT2D eigenvalue weighted by molar-refractivity contribution is 0.0691. The fraction of sp³-hybridized carbons (Fsp3) is 0. The van der Waals surface area contributed by atoms with Crippen LogP contribution in [0.3, 0.4) is 0 Å². The Bertz CT molecular complexity index is 341. The summed E-state index contributed by atoms with van der Waals surface area (Å²) in [5.41, 5.74) is 5.11. The van der Waals surface area contributed by atoms with Crippen LogP contribution in [-0.2, 0) is 0 Å². The Morgan fingerprint density at radius 2 is 2.17 bits per heavy atom. The lowest BCUT2D eigenvalue weighted by atomic mass is 10.5. The summed E-state index contributed by atoms with van der Waals surface area (Å²) in [6.45, 7) is 0. The Morgan fingerprint density at radius 3 is 2.67 bits per heavy atom. The van der Waals surface area contributed by atoms with Gasteiger partial charge in [-0.3, -0.25) is 0 Å². The number of carbonyl (C=O) groups is 1. The van der Waals surface area contributed by atoms with E-state index in [0.29, 0.717) is 0 Å². The standard InChI is InChI=1S/C6H4Cl2N2O2/c7-3-1-2(9)4(8)5(10-3)6(11)12/h1H,(H2,9,10)(H,11,12)/i3+1,5+1,6+1,10+1. The Morgan fingerprint density at radius 1 is 1.58 bits per heavy atom. The molecule has 0 spiro atoms. The molecule has 0 saturated carbocycles. The van der Waals surface area contributed by atoms with Crippen LogP contribution in [0.5, 0.6) is 0 Å². The third kappa shape index (κ3) is 1.60. The topological polar surface area (TPSA) is 76.2 Å². The molecule has 0 aliphatic rings. The summed E-state index contributed by atoms with van der Waals surface area (Å²) in [5, 5.41) is 8.47. The average Bonchev–Trinajstić information content (AvgIpc) is 1.96. The number of nitrogen functional groups attached to an aromatic ring is 1. The molecule has 0 bridgehead atoms. The number of carboxylic acids is 1. The highest BCUT2D eigenvalue weighted by Gasteiger charge is 2.13. The number of anilines is 1. The molecule has 1 heterocycles. The maximum atomic E-state index is 10.5. The van der Waals surface area contributed by atoms with E-state index >= 15 is 0 Å². The first-order valence-electron chi connectivity index (χ1n) is 2.87. The predicted molar refractivity (Wildman–Crippen MR) is 45.6 cm³/mol. The number of hydrogen-bond donors (Lipinski definition) is 2. The van der Waals surface area contributed by atoms with Gasteiger partial charge in [-0.1, -0.05) is 23.2 Å². The van der Waals surface area contributed by atoms with Gasteiger partial charge >= 0.3 is 5.97 Å². The van der Waals surface area contributed by atoms with Crippen LogP contribution in [0.4, 0.5) is 5.69 Å². The number of pyridine rings is 1. The van der Waals surface area contributed by atoms with Crippen molar-refractivity contribution in [2.75, 3.05) is 5.73 Å². The van der Waals surface area contributed by atoms with Crippen molar-refractivity contribution in [3.05, 3.63) is 21.9 Å². The van der Waals surface area contributed by atoms with Crippen molar-refractivity contribution in [1.82, 2.24) is 4.98 Å². The lowest BCUT2D eigenvalue weighted by Crippen LogP contribution is -2.03. The lowest BCUT2D eigenvalue weighted by Gasteiger charge is -2.01. The van der Waals surface area contributed by atoms with Gasteiger partial charge < -0.3 is 10.8 Å². The van der Waals surface area contributed by atoms with Crippen LogP contribution < -0.4 is 5.73 Å². The third-order valence-corrected chi connectivity index (χ3v) is 1.75. The maximum Gasteiger partial charge on any atom is 0.356 e. The number of aromatic carboxylic acids is 1. The number of aromatic nitrogens is 1. The van der Waals surface area contributed by atoms with Crippen LogP contribution in [-0.4, -0.2) is 16.1 Å². The molecule has 0 saturated heterocycles. The van der Waals surface area contributed by atoms with Crippen molar-refractivity contribution >= 4 is 34.9 Å². The largest absolute Gasteiger partial charge is 0.476 e. The molecule has 1 aromatic heterocycles. The zero-order chi connectivity index (χ0) is 9.30. The van der Waals surface area contributed by atoms with E-state index in [9.17, 15) is 4.79 Å². The Balaban J connectivity index is 3.37. The van der Waals surface area contributed by atoms with Crippen molar-refractivity contribution in [1.29, 1.82) is 0 Å². The molecule has 0 aliphatic carbocycles. The molecule has 0 unspecified atom stereocenters. The molecular formula is C6H4Cl2N2O2. The van der Waals surface area contributed by atoms with E-state index in [0.717, 1.165) is 0 Å². The van der Waals surface area contributed by atoms with Gasteiger partial charge in [0.1, 0.15) is 5.15 Å². The quantitative estimate of drug-likeness (QED) is 0.547. The first-order chi connectivity index (χ1) is 5.52. The Kier molecular flexibility index (Phi) is 2.40. The molecule has 3 N–H and O–H groups in total. The second kappa shape index (κ2) is 3.16. The summed E-state index contributed by atoms with van der Waals surface area (Å²) in [4.78, 5) is 14.0. The van der Waals surface area contributed by atoms with Gasteiger partial charge in [-0.05, 0) is 6.07 Å². The van der Waals surface area contributed by atoms with E-state index in [1.807, 2.05) is 0 Å². The van der Waals surface area contributed by atoms with Gasteiger partial charge in [0.05, 0.1) is 10.7 Å². The van der Waals surface area contributed by atoms with Gasteiger partial charge in [0.15, 0.2) is 5.69 Å². The summed E-state index contributed by atoms with van der Waals surface area (Å²) in [6.07, 6.45) is 0. The molecule has 6 heteroatoms. The minimum absolute atomic E-state index is 0.00861. The van der Waals surface area contributed by atoms with Crippen molar-refractivity contribution in [3.8, 4) is 0 Å². The fourth-order valence-corrected chi connectivity index (χ4v) is 1.04. The van der Waals surface area contributed by atoms with E-state index in [1.54, 1.807) is 0 Å². The van der Waals surface area contributed by atoms with Gasteiger partial charge in [0.2, 0.25) is 0 Å². The molecule has 1 aromatic rings. The van der Waals surface area contributed by atoms with Crippen LogP contribution in [0.15, 0.2) is 6.07 Å². The minimum Gasteiger partial charge on any atom is -0.476 e. The molecule has 64 valence electrons. The van der Waals surface area contributed by atoms with Gasteiger partial charge in [0.25, 0.3) is 0 Å². The van der Waals surface area contributed by atoms with E-state index in [1.165, 1.54) is 6.07 Å². The summed E-state index contributed by atoms with van der Waals surface area (Å²) in [5.74, 6) is -1.26. The minimum atomic E-state index is -1.26. The highest BCUT2D eigenvalue weighted by atomic mass is 35.5.